The van der Waals surface area contributed by atoms with Gasteiger partial charge in [-0.05, 0) is 54.8 Å². The van der Waals surface area contributed by atoms with Gasteiger partial charge in [0.25, 0.3) is 10.0 Å². The van der Waals surface area contributed by atoms with E-state index < -0.39 is 28.5 Å². The molecule has 0 aromatic heterocycles. The maximum absolute atomic E-state index is 14.3. The van der Waals surface area contributed by atoms with Gasteiger partial charge in [0.2, 0.25) is 11.8 Å². The molecule has 0 spiro atoms. The molecule has 0 fully saturated rings. The van der Waals surface area contributed by atoms with Crippen LogP contribution in [-0.4, -0.2) is 44.8 Å². The molecule has 4 aromatic carbocycles. The highest BCUT2D eigenvalue weighted by Crippen LogP contribution is 2.26. The van der Waals surface area contributed by atoms with E-state index in [0.717, 1.165) is 26.6 Å². The number of nitrogens with zero attached hydrogens (tertiary/aromatic N) is 2. The first kappa shape index (κ1) is 29.6. The fourth-order valence-electron chi connectivity index (χ4n) is 4.76. The average molecular weight is 570 g/mol. The fraction of sp³-hybridized carbons (Fsp3) is 0.212. The third-order valence-corrected chi connectivity index (χ3v) is 8.64. The summed E-state index contributed by atoms with van der Waals surface area (Å²) in [6.45, 7) is 3.49. The number of carbonyl (C=O) groups is 2. The lowest BCUT2D eigenvalue weighted by Crippen LogP contribution is -2.53. The second-order valence-corrected chi connectivity index (χ2v) is 11.9. The Labute approximate surface area is 242 Å². The normalized spacial score (nSPS) is 11.9. The van der Waals surface area contributed by atoms with E-state index in [0.29, 0.717) is 5.69 Å². The third kappa shape index (κ3) is 7.41. The van der Waals surface area contributed by atoms with Gasteiger partial charge in [0.05, 0.1) is 10.6 Å². The lowest BCUT2D eigenvalue weighted by molar-refractivity contribution is -0.139. The molecule has 0 aliphatic rings. The molecule has 0 unspecified atom stereocenters. The monoisotopic (exact) mass is 569 g/mol. The van der Waals surface area contributed by atoms with Crippen molar-refractivity contribution in [3.05, 3.63) is 131 Å². The number of sulfonamides is 1. The van der Waals surface area contributed by atoms with E-state index >= 15 is 0 Å². The van der Waals surface area contributed by atoms with Crippen LogP contribution in [0.4, 0.5) is 5.69 Å². The van der Waals surface area contributed by atoms with Gasteiger partial charge in [-0.2, -0.15) is 0 Å². The van der Waals surface area contributed by atoms with Crippen LogP contribution < -0.4 is 9.62 Å². The molecule has 7 nitrogen and oxygen atoms in total. The van der Waals surface area contributed by atoms with Crippen LogP contribution in [-0.2, 0) is 32.6 Å². The van der Waals surface area contributed by atoms with Gasteiger partial charge in [-0.25, -0.2) is 8.42 Å². The number of amides is 2. The van der Waals surface area contributed by atoms with E-state index in [4.69, 9.17) is 0 Å². The largest absolute Gasteiger partial charge is 0.357 e. The van der Waals surface area contributed by atoms with Crippen LogP contribution in [0, 0.1) is 13.8 Å². The zero-order valence-electron chi connectivity index (χ0n) is 23.5. The molecule has 2 amide bonds. The Kier molecular flexibility index (Phi) is 9.57. The molecule has 0 heterocycles. The van der Waals surface area contributed by atoms with Gasteiger partial charge < -0.3 is 10.2 Å². The van der Waals surface area contributed by atoms with Crippen LogP contribution in [0.1, 0.15) is 22.3 Å². The molecule has 0 aliphatic carbocycles. The third-order valence-electron chi connectivity index (χ3n) is 6.85. The molecule has 0 radical (unpaired) electrons. The van der Waals surface area contributed by atoms with Crippen molar-refractivity contribution in [2.75, 3.05) is 17.9 Å². The number of nitrogens with one attached hydrogen (secondary N) is 1. The van der Waals surface area contributed by atoms with Crippen LogP contribution in [0.3, 0.4) is 0 Å². The zero-order chi connectivity index (χ0) is 29.4. The van der Waals surface area contributed by atoms with Gasteiger partial charge in [-0.3, -0.25) is 13.9 Å². The summed E-state index contributed by atoms with van der Waals surface area (Å²) in [4.78, 5) is 29.1. The van der Waals surface area contributed by atoms with E-state index in [9.17, 15) is 18.0 Å². The topological polar surface area (TPSA) is 86.8 Å². The highest BCUT2D eigenvalue weighted by atomic mass is 32.2. The second kappa shape index (κ2) is 13.3. The molecule has 4 rings (SSSR count). The summed E-state index contributed by atoms with van der Waals surface area (Å²) in [7, 11) is -2.57. The maximum atomic E-state index is 14.3. The minimum absolute atomic E-state index is 0.0756. The first-order valence-electron chi connectivity index (χ1n) is 13.4. The lowest BCUT2D eigenvalue weighted by atomic mass is 10.0. The summed E-state index contributed by atoms with van der Waals surface area (Å²) < 4.78 is 29.0. The second-order valence-electron chi connectivity index (χ2n) is 9.99. The van der Waals surface area contributed by atoms with Gasteiger partial charge in [0.15, 0.2) is 0 Å². The Bertz CT molecular complexity index is 1590. The molecular weight excluding hydrogens is 534 g/mol. The number of rotatable bonds is 11. The predicted molar refractivity (Wildman–Crippen MR) is 162 cm³/mol. The van der Waals surface area contributed by atoms with Crippen LogP contribution in [0.5, 0.6) is 0 Å². The highest BCUT2D eigenvalue weighted by Gasteiger charge is 2.34. The van der Waals surface area contributed by atoms with Gasteiger partial charge in [0.1, 0.15) is 12.6 Å². The maximum Gasteiger partial charge on any atom is 0.264 e. The van der Waals surface area contributed by atoms with Crippen molar-refractivity contribution in [2.24, 2.45) is 0 Å². The Morgan fingerprint density at radius 2 is 1.34 bits per heavy atom. The number of likely N-dealkylation sites (N-methyl/N-ethyl adjacent to an activating group) is 1. The standard InChI is InChI=1S/C33H35N3O4S/c1-25-12-10-16-28(20-25)23-35(31(33(38)34-3)22-27-14-6-4-7-15-27)32(37)24-36(29-17-11-13-26(2)21-29)41(39,40)30-18-8-5-9-19-30/h4-21,31H,22-24H2,1-3H3,(H,34,38)/t31-/m0/s1. The highest BCUT2D eigenvalue weighted by molar-refractivity contribution is 7.92. The molecule has 0 saturated heterocycles. The van der Waals surface area contributed by atoms with E-state index in [-0.39, 0.29) is 23.8 Å². The molecular formula is C33H35N3O4S. The summed E-state index contributed by atoms with van der Waals surface area (Å²) >= 11 is 0. The summed E-state index contributed by atoms with van der Waals surface area (Å²) in [5, 5.41) is 2.70. The minimum atomic E-state index is -4.10. The Hall–Kier alpha value is -4.43. The van der Waals surface area contributed by atoms with Gasteiger partial charge in [-0.15, -0.1) is 0 Å². The number of carbonyl (C=O) groups excluding carboxylic acids is 2. The molecule has 0 saturated carbocycles. The van der Waals surface area contributed by atoms with Crippen molar-refractivity contribution in [3.8, 4) is 0 Å². The first-order chi connectivity index (χ1) is 19.7. The van der Waals surface area contributed by atoms with Crippen molar-refractivity contribution in [1.82, 2.24) is 10.2 Å². The van der Waals surface area contributed by atoms with Crippen LogP contribution in [0.2, 0.25) is 0 Å². The van der Waals surface area contributed by atoms with Crippen LogP contribution >= 0.6 is 0 Å². The number of hydrogen-bond acceptors (Lipinski definition) is 4. The Morgan fingerprint density at radius 3 is 1.95 bits per heavy atom. The average Bonchev–Trinajstić information content (AvgIpc) is 2.98. The minimum Gasteiger partial charge on any atom is -0.357 e. The number of anilines is 1. The summed E-state index contributed by atoms with van der Waals surface area (Å²) in [5.74, 6) is -0.820. The molecule has 8 heteroatoms. The van der Waals surface area contributed by atoms with Crippen molar-refractivity contribution in [1.29, 1.82) is 0 Å². The van der Waals surface area contributed by atoms with Gasteiger partial charge >= 0.3 is 0 Å². The lowest BCUT2D eigenvalue weighted by Gasteiger charge is -2.33. The fourth-order valence-corrected chi connectivity index (χ4v) is 6.19. The molecule has 0 bridgehead atoms. The van der Waals surface area contributed by atoms with E-state index in [1.165, 1.54) is 24.1 Å². The quantitative estimate of drug-likeness (QED) is 0.279. The molecule has 1 N–H and O–H groups in total. The SMILES string of the molecule is CNC(=O)[C@H](Cc1ccccc1)N(Cc1cccc(C)c1)C(=O)CN(c1cccc(C)c1)S(=O)(=O)c1ccccc1. The number of benzene rings is 4. The van der Waals surface area contributed by atoms with Crippen LogP contribution in [0.15, 0.2) is 114 Å². The molecule has 212 valence electrons. The number of aryl methyl sites for hydroxylation is 2. The number of hydrogen-bond donors (Lipinski definition) is 1. The smallest absolute Gasteiger partial charge is 0.264 e. The van der Waals surface area contributed by atoms with Crippen molar-refractivity contribution < 1.29 is 18.0 Å². The Balaban J connectivity index is 1.78. The van der Waals surface area contributed by atoms with Gasteiger partial charge in [-0.1, -0.05) is 90.5 Å². The van der Waals surface area contributed by atoms with E-state index in [1.54, 1.807) is 36.4 Å². The first-order valence-corrected chi connectivity index (χ1v) is 14.9. The van der Waals surface area contributed by atoms with Gasteiger partial charge in [0, 0.05) is 20.0 Å². The zero-order valence-corrected chi connectivity index (χ0v) is 24.3. The van der Waals surface area contributed by atoms with E-state index in [2.05, 4.69) is 5.32 Å². The molecule has 4 aromatic rings. The summed E-state index contributed by atoms with van der Waals surface area (Å²) in [5.41, 5.74) is 3.97. The summed E-state index contributed by atoms with van der Waals surface area (Å²) in [6, 6.07) is 31.4. The molecule has 1 atom stereocenters. The molecule has 41 heavy (non-hydrogen) atoms. The van der Waals surface area contributed by atoms with Crippen LogP contribution in [0.25, 0.3) is 0 Å². The van der Waals surface area contributed by atoms with Crippen molar-refractivity contribution in [3.63, 3.8) is 0 Å². The van der Waals surface area contributed by atoms with Crippen molar-refractivity contribution in [2.45, 2.75) is 37.8 Å². The van der Waals surface area contributed by atoms with E-state index in [1.807, 2.05) is 74.5 Å². The predicted octanol–water partition coefficient (Wildman–Crippen LogP) is 4.88. The van der Waals surface area contributed by atoms with Crippen molar-refractivity contribution >= 4 is 27.5 Å². The Morgan fingerprint density at radius 1 is 0.756 bits per heavy atom. The summed E-state index contributed by atoms with van der Waals surface area (Å²) in [6.07, 6.45) is 0.272. The molecule has 0 aliphatic heterocycles.